The second-order valence-corrected chi connectivity index (χ2v) is 6.46. The zero-order valence-electron chi connectivity index (χ0n) is 12.7. The lowest BCUT2D eigenvalue weighted by atomic mass is 9.90. The molecule has 2 heterocycles. The molecular weight excluding hydrogens is 262 g/mol. The number of para-hydroxylation sites is 1. The summed E-state index contributed by atoms with van der Waals surface area (Å²) < 4.78 is 0. The fourth-order valence-corrected chi connectivity index (χ4v) is 3.73. The number of benzene rings is 1. The van der Waals surface area contributed by atoms with Crippen LogP contribution in [-0.2, 0) is 11.2 Å². The highest BCUT2D eigenvalue weighted by molar-refractivity contribution is 5.96. The molecule has 1 aromatic carbocycles. The van der Waals surface area contributed by atoms with Crippen LogP contribution in [0.5, 0.6) is 0 Å². The smallest absolute Gasteiger partial charge is 0.241 e. The number of anilines is 1. The van der Waals surface area contributed by atoms with E-state index in [1.54, 1.807) is 0 Å². The molecule has 3 atom stereocenters. The molecule has 1 fully saturated rings. The number of aryl methyl sites for hydroxylation is 1. The summed E-state index contributed by atoms with van der Waals surface area (Å²) in [5.74, 6) is 0.841. The summed E-state index contributed by atoms with van der Waals surface area (Å²) in [5.41, 5.74) is 8.17. The van der Waals surface area contributed by atoms with Crippen molar-refractivity contribution < 1.29 is 4.79 Å². The Balaban J connectivity index is 1.79. The molecular formula is C17H25N3O. The molecule has 0 aliphatic carbocycles. The number of nitrogens with one attached hydrogen (secondary N) is 1. The second kappa shape index (κ2) is 6.16. The van der Waals surface area contributed by atoms with Crippen LogP contribution >= 0.6 is 0 Å². The normalized spacial score (nSPS) is 30.4. The number of fused-ring (bicyclic) bond motifs is 1. The molecule has 2 aliphatic heterocycles. The van der Waals surface area contributed by atoms with Crippen LogP contribution in [0.2, 0.25) is 0 Å². The molecule has 1 aromatic rings. The van der Waals surface area contributed by atoms with E-state index in [0.29, 0.717) is 18.5 Å². The van der Waals surface area contributed by atoms with Gasteiger partial charge >= 0.3 is 0 Å². The Labute approximate surface area is 126 Å². The van der Waals surface area contributed by atoms with Gasteiger partial charge in [0.1, 0.15) is 0 Å². The van der Waals surface area contributed by atoms with E-state index in [2.05, 4.69) is 23.2 Å². The minimum absolute atomic E-state index is 0.0431. The van der Waals surface area contributed by atoms with Crippen LogP contribution in [0.3, 0.4) is 0 Å². The molecule has 0 spiro atoms. The molecule has 0 aromatic heterocycles. The van der Waals surface area contributed by atoms with Gasteiger partial charge in [0.15, 0.2) is 0 Å². The van der Waals surface area contributed by atoms with Gasteiger partial charge in [0.2, 0.25) is 5.91 Å². The number of nitrogens with zero attached hydrogens (tertiary/aromatic N) is 1. The predicted octanol–water partition coefficient (Wildman–Crippen LogP) is 2.00. The molecule has 2 aliphatic rings. The van der Waals surface area contributed by atoms with Crippen molar-refractivity contribution in [3.8, 4) is 0 Å². The lowest BCUT2D eigenvalue weighted by Crippen LogP contribution is -2.54. The maximum Gasteiger partial charge on any atom is 0.241 e. The van der Waals surface area contributed by atoms with Gasteiger partial charge < -0.3 is 11.1 Å². The summed E-state index contributed by atoms with van der Waals surface area (Å²) in [6.45, 7) is 3.90. The van der Waals surface area contributed by atoms with Gasteiger partial charge in [-0.25, -0.2) is 0 Å². The predicted molar refractivity (Wildman–Crippen MR) is 85.1 cm³/mol. The summed E-state index contributed by atoms with van der Waals surface area (Å²) in [4.78, 5) is 15.0. The Morgan fingerprint density at radius 3 is 2.95 bits per heavy atom. The number of piperidine rings is 1. The van der Waals surface area contributed by atoms with Gasteiger partial charge in [-0.05, 0) is 49.8 Å². The largest absolute Gasteiger partial charge is 0.329 e. The third kappa shape index (κ3) is 2.97. The van der Waals surface area contributed by atoms with Gasteiger partial charge in [0.25, 0.3) is 0 Å². The highest BCUT2D eigenvalue weighted by Gasteiger charge is 2.35. The van der Waals surface area contributed by atoms with Gasteiger partial charge in [0.05, 0.1) is 6.04 Å². The van der Waals surface area contributed by atoms with E-state index in [0.717, 1.165) is 37.9 Å². The quantitative estimate of drug-likeness (QED) is 0.874. The molecule has 1 saturated heterocycles. The van der Waals surface area contributed by atoms with Crippen molar-refractivity contribution in [2.24, 2.45) is 11.7 Å². The lowest BCUT2D eigenvalue weighted by molar-refractivity contribution is -0.123. The summed E-state index contributed by atoms with van der Waals surface area (Å²) in [7, 11) is 0. The molecule has 3 unspecified atom stereocenters. The van der Waals surface area contributed by atoms with E-state index >= 15 is 0 Å². The van der Waals surface area contributed by atoms with Gasteiger partial charge in [-0.15, -0.1) is 0 Å². The van der Waals surface area contributed by atoms with Gasteiger partial charge in [-0.1, -0.05) is 25.1 Å². The van der Waals surface area contributed by atoms with Crippen LogP contribution in [0.1, 0.15) is 31.7 Å². The van der Waals surface area contributed by atoms with E-state index < -0.39 is 0 Å². The number of likely N-dealkylation sites (tertiary alicyclic amines) is 1. The van der Waals surface area contributed by atoms with Crippen molar-refractivity contribution in [2.75, 3.05) is 18.4 Å². The van der Waals surface area contributed by atoms with Crippen molar-refractivity contribution in [3.63, 3.8) is 0 Å². The summed E-state index contributed by atoms with van der Waals surface area (Å²) in [6, 6.07) is 8.41. The number of amides is 1. The highest BCUT2D eigenvalue weighted by atomic mass is 16.2. The monoisotopic (exact) mass is 287 g/mol. The Hall–Kier alpha value is -1.39. The molecule has 0 radical (unpaired) electrons. The average molecular weight is 287 g/mol. The maximum atomic E-state index is 12.6. The molecule has 114 valence electrons. The van der Waals surface area contributed by atoms with Crippen molar-refractivity contribution in [1.82, 2.24) is 4.90 Å². The molecule has 4 nitrogen and oxygen atoms in total. The number of rotatable bonds is 2. The van der Waals surface area contributed by atoms with Gasteiger partial charge in [0, 0.05) is 18.3 Å². The molecule has 1 amide bonds. The summed E-state index contributed by atoms with van der Waals surface area (Å²) >= 11 is 0. The third-order valence-electron chi connectivity index (χ3n) is 4.96. The van der Waals surface area contributed by atoms with Crippen LogP contribution in [0.15, 0.2) is 24.3 Å². The molecule has 4 heteroatoms. The number of carbonyl (C=O) groups is 1. The minimum Gasteiger partial charge on any atom is -0.329 e. The molecule has 3 rings (SSSR count). The standard InChI is InChI=1S/C17H25N3O/c1-12-8-9-20(14(10-12)11-18)16-7-6-13-4-2-3-5-15(13)19-17(16)21/h2-5,12,14,16H,6-11,18H2,1H3,(H,19,21). The van der Waals surface area contributed by atoms with Gasteiger partial charge in [-0.2, -0.15) is 0 Å². The zero-order chi connectivity index (χ0) is 14.8. The number of carbonyl (C=O) groups excluding carboxylic acids is 1. The maximum absolute atomic E-state index is 12.6. The summed E-state index contributed by atoms with van der Waals surface area (Å²) in [5, 5.41) is 3.10. The summed E-state index contributed by atoms with van der Waals surface area (Å²) in [6.07, 6.45) is 4.09. The third-order valence-corrected chi connectivity index (χ3v) is 4.96. The van der Waals surface area contributed by atoms with Crippen LogP contribution < -0.4 is 11.1 Å². The average Bonchev–Trinajstić information content (AvgIpc) is 2.65. The van der Waals surface area contributed by atoms with E-state index in [1.807, 2.05) is 18.2 Å². The Morgan fingerprint density at radius 2 is 2.14 bits per heavy atom. The second-order valence-electron chi connectivity index (χ2n) is 6.46. The van der Waals surface area contributed by atoms with Crippen molar-refractivity contribution in [3.05, 3.63) is 29.8 Å². The van der Waals surface area contributed by atoms with Crippen LogP contribution in [0.25, 0.3) is 0 Å². The Bertz CT molecular complexity index is 517. The minimum atomic E-state index is -0.0431. The van der Waals surface area contributed by atoms with E-state index in [1.165, 1.54) is 5.56 Å². The molecule has 21 heavy (non-hydrogen) atoms. The van der Waals surface area contributed by atoms with Crippen molar-refractivity contribution >= 4 is 11.6 Å². The fraction of sp³-hybridized carbons (Fsp3) is 0.588. The molecule has 0 saturated carbocycles. The van der Waals surface area contributed by atoms with Crippen molar-refractivity contribution in [2.45, 2.75) is 44.7 Å². The van der Waals surface area contributed by atoms with E-state index in [-0.39, 0.29) is 11.9 Å². The topological polar surface area (TPSA) is 58.4 Å². The van der Waals surface area contributed by atoms with Crippen LogP contribution in [-0.4, -0.2) is 36.0 Å². The van der Waals surface area contributed by atoms with Crippen LogP contribution in [0.4, 0.5) is 5.69 Å². The van der Waals surface area contributed by atoms with E-state index in [4.69, 9.17) is 5.73 Å². The first-order valence-corrected chi connectivity index (χ1v) is 8.03. The van der Waals surface area contributed by atoms with Crippen LogP contribution in [0, 0.1) is 5.92 Å². The first-order valence-electron chi connectivity index (χ1n) is 8.03. The number of nitrogens with two attached hydrogens (primary N) is 1. The lowest BCUT2D eigenvalue weighted by Gasteiger charge is -2.41. The first-order chi connectivity index (χ1) is 10.2. The first kappa shape index (κ1) is 14.5. The number of hydrogen-bond acceptors (Lipinski definition) is 3. The Morgan fingerprint density at radius 1 is 1.33 bits per heavy atom. The molecule has 0 bridgehead atoms. The number of hydrogen-bond donors (Lipinski definition) is 2. The molecule has 3 N–H and O–H groups in total. The fourth-order valence-electron chi connectivity index (χ4n) is 3.73. The highest BCUT2D eigenvalue weighted by Crippen LogP contribution is 2.29. The SMILES string of the molecule is CC1CCN(C2CCc3ccccc3NC2=O)C(CN)C1. The van der Waals surface area contributed by atoms with E-state index in [9.17, 15) is 4.79 Å². The van der Waals surface area contributed by atoms with Crippen molar-refractivity contribution in [1.29, 1.82) is 0 Å². The Kier molecular flexibility index (Phi) is 4.27. The zero-order valence-corrected chi connectivity index (χ0v) is 12.7. The van der Waals surface area contributed by atoms with Gasteiger partial charge in [-0.3, -0.25) is 9.69 Å².